The molecule has 11 N–H and O–H groups in total. The quantitative estimate of drug-likeness (QED) is 0.0356. The summed E-state index contributed by atoms with van der Waals surface area (Å²) in [6.07, 6.45) is -2.64. The highest BCUT2D eigenvalue weighted by Gasteiger charge is 2.52. The largest absolute Gasteiger partial charge is 0.490 e. The van der Waals surface area contributed by atoms with Crippen LogP contribution in [0.25, 0.3) is 27.9 Å². The number of aliphatic hydroxyl groups is 1. The van der Waals surface area contributed by atoms with Crippen molar-refractivity contribution in [2.45, 2.75) is 91.0 Å². The maximum atomic E-state index is 13.8. The summed E-state index contributed by atoms with van der Waals surface area (Å²) in [5, 5.41) is 29.0. The van der Waals surface area contributed by atoms with Crippen LogP contribution in [0.1, 0.15) is 105 Å². The van der Waals surface area contributed by atoms with Crippen LogP contribution in [0, 0.1) is 0 Å². The van der Waals surface area contributed by atoms with Gasteiger partial charge in [-0.1, -0.05) is 17.1 Å². The number of allylic oxidation sites excluding steroid dienone is 2. The number of anilines is 2. The molecule has 82 heavy (non-hydrogen) atoms. The Hall–Kier alpha value is -6.90. The number of imidazole rings is 1. The molecule has 6 atom stereocenters. The fourth-order valence-corrected chi connectivity index (χ4v) is 14.3. The second kappa shape index (κ2) is 21.7. The van der Waals surface area contributed by atoms with E-state index in [1.54, 1.807) is 6.07 Å². The van der Waals surface area contributed by atoms with Gasteiger partial charge in [0.1, 0.15) is 30.3 Å². The van der Waals surface area contributed by atoms with Crippen molar-refractivity contribution in [3.8, 4) is 11.5 Å². The van der Waals surface area contributed by atoms with Gasteiger partial charge in [0.2, 0.25) is 17.1 Å². The first-order valence-corrected chi connectivity index (χ1v) is 30.1. The smallest absolute Gasteiger partial charge is 0.478 e. The summed E-state index contributed by atoms with van der Waals surface area (Å²) in [6.45, 7) is 16.5. The third-order valence-electron chi connectivity index (χ3n) is 14.4. The van der Waals surface area contributed by atoms with Gasteiger partial charge < -0.3 is 65.3 Å². The van der Waals surface area contributed by atoms with E-state index in [1.807, 2.05) is 38.1 Å². The third-order valence-corrected chi connectivity index (χ3v) is 18.3. The number of rotatable bonds is 17. The van der Waals surface area contributed by atoms with E-state index in [4.69, 9.17) is 29.7 Å². The summed E-state index contributed by atoms with van der Waals surface area (Å²) in [4.78, 5) is 99.7. The number of carbonyl (C=O) groups is 3. The number of hydrogen-bond donors (Lipinski definition) is 10. The molecule has 5 aromatic rings. The molecule has 1 saturated heterocycles. The average molecular weight is 1200 g/mol. The zero-order valence-corrected chi connectivity index (χ0v) is 48.4. The maximum Gasteiger partial charge on any atom is 0.490 e. The number of aromatic nitrogens is 4. The van der Waals surface area contributed by atoms with Gasteiger partial charge in [-0.2, -0.15) is 8.62 Å². The number of phosphoric ester groups is 1. The van der Waals surface area contributed by atoms with Crippen LogP contribution in [0.4, 0.5) is 16.4 Å². The molecule has 4 aliphatic rings. The Labute approximate surface area is 467 Å². The molecule has 28 nitrogen and oxygen atoms in total. The van der Waals surface area contributed by atoms with Crippen LogP contribution in [-0.4, -0.2) is 124 Å². The van der Waals surface area contributed by atoms with Crippen molar-refractivity contribution >= 4 is 81.0 Å². The molecule has 0 bridgehead atoms. The minimum atomic E-state index is -5.93. The standard InChI is InChI=1S/C51H60N9O19P3/c1-10-59-34-19-36-32(17-29(34)25(3)21-50(59,5)6)39(33-18-30-26(4)22-51(7,8)60(11-2)35(30)20-37(33)75-36)28-13-12-27(16-31(28)47(64)65)44(62)53-14-15-54-49(66)77-42-41(61)38(23-74-81(70,71)79-82(72,73)78-80(67,68)69)76-46(42)58-24-57(9)40-43(58)55-48(52)56-45(40)63/h12-13,16-22,24,38,41-42,46,61H,10-11,14-15,23H2,1-9H3,(H8-2,52,53,54,55,56,62,63,64,65,66,67,68,69,70,71,72,73)/p+2/t38-,41-,42-,46-/m1/s1. The number of hydrogen-bond acceptors (Lipinski definition) is 17. The highest BCUT2D eigenvalue weighted by molar-refractivity contribution is 7.66. The normalized spacial score (nSPS) is 21.2. The molecule has 0 spiro atoms. The molecule has 2 unspecified atom stereocenters. The van der Waals surface area contributed by atoms with Crippen molar-refractivity contribution in [1.82, 2.24) is 29.7 Å². The molecule has 2 aromatic heterocycles. The number of carboxylic acid groups (broad SMARTS) is 1. The van der Waals surface area contributed by atoms with E-state index in [0.717, 1.165) is 37.9 Å². The van der Waals surface area contributed by atoms with Gasteiger partial charge >= 0.3 is 41.2 Å². The molecule has 31 heteroatoms. The van der Waals surface area contributed by atoms with Crippen LogP contribution >= 0.6 is 23.5 Å². The van der Waals surface area contributed by atoms with E-state index in [2.05, 4.69) is 96.9 Å². The summed E-state index contributed by atoms with van der Waals surface area (Å²) >= 11 is 0. The lowest BCUT2D eigenvalue weighted by Crippen LogP contribution is -2.49. The zero-order valence-electron chi connectivity index (χ0n) is 45.8. The number of alkyl carbamates (subject to hydrolysis) is 1. The summed E-state index contributed by atoms with van der Waals surface area (Å²) in [5.74, 6) is -1.30. The molecule has 4 aliphatic heterocycles. The van der Waals surface area contributed by atoms with Crippen LogP contribution in [0.5, 0.6) is 11.5 Å². The number of carboxylic acids is 1. The number of aryl methyl sites for hydroxylation is 1. The van der Waals surface area contributed by atoms with E-state index in [1.165, 1.54) is 30.1 Å². The van der Waals surface area contributed by atoms with Gasteiger partial charge in [0.05, 0.1) is 30.8 Å². The van der Waals surface area contributed by atoms with Crippen LogP contribution in [0.2, 0.25) is 0 Å². The fraction of sp³-hybridized carbons (Fsp3) is 0.392. The Morgan fingerprint density at radius 3 is 2.26 bits per heavy atom. The van der Waals surface area contributed by atoms with Gasteiger partial charge in [0.15, 0.2) is 18.0 Å². The lowest BCUT2D eigenvalue weighted by Gasteiger charge is -2.43. The summed E-state index contributed by atoms with van der Waals surface area (Å²) in [7, 11) is -15.9. The van der Waals surface area contributed by atoms with E-state index in [9.17, 15) is 52.9 Å². The van der Waals surface area contributed by atoms with Gasteiger partial charge in [0.25, 0.3) is 17.4 Å². The monoisotopic (exact) mass is 1200 g/mol. The van der Waals surface area contributed by atoms with Gasteiger partial charge in [-0.3, -0.25) is 23.7 Å². The van der Waals surface area contributed by atoms with E-state index >= 15 is 0 Å². The van der Waals surface area contributed by atoms with Crippen LogP contribution in [-0.2, 0) is 43.4 Å². The predicted molar refractivity (Wildman–Crippen MR) is 294 cm³/mol. The van der Waals surface area contributed by atoms with Crippen molar-refractivity contribution in [2.24, 2.45) is 7.05 Å². The second-order valence-electron chi connectivity index (χ2n) is 21.0. The van der Waals surface area contributed by atoms with Crippen LogP contribution in [0.3, 0.4) is 0 Å². The number of carbonyl (C=O) groups excluding carboxylic acids is 2. The first-order valence-electron chi connectivity index (χ1n) is 25.6. The summed E-state index contributed by atoms with van der Waals surface area (Å²) < 4.78 is 70.8. The minimum absolute atomic E-state index is 0.0246. The molecule has 0 saturated carbocycles. The minimum Gasteiger partial charge on any atom is -0.478 e. The first-order chi connectivity index (χ1) is 38.2. The number of nitrogen functional groups attached to an aromatic ring is 1. The molecule has 0 aliphatic carbocycles. The van der Waals surface area contributed by atoms with Crippen molar-refractivity contribution in [2.75, 3.05) is 43.4 Å². The molecule has 9 rings (SSSR count). The maximum absolute atomic E-state index is 13.8. The molecular formula is C51H62N9O19P3+2. The number of H-pyrrole nitrogens is 1. The van der Waals surface area contributed by atoms with Crippen molar-refractivity contribution in [3.05, 3.63) is 115 Å². The van der Waals surface area contributed by atoms with Gasteiger partial charge in [-0.25, -0.2) is 32.4 Å². The van der Waals surface area contributed by atoms with Crippen molar-refractivity contribution in [1.29, 1.82) is 0 Å². The van der Waals surface area contributed by atoms with E-state index in [0.29, 0.717) is 46.5 Å². The van der Waals surface area contributed by atoms with Crippen molar-refractivity contribution in [3.63, 3.8) is 0 Å². The Balaban J connectivity index is 0.968. The summed E-state index contributed by atoms with van der Waals surface area (Å²) in [5.41, 5.74) is 10.6. The number of nitrogens with two attached hydrogens (primary N) is 1. The van der Waals surface area contributed by atoms with Gasteiger partial charge in [0, 0.05) is 78.3 Å². The number of aliphatic hydroxyl groups excluding tert-OH is 1. The molecule has 6 heterocycles. The molecule has 3 aromatic carbocycles. The second-order valence-corrected chi connectivity index (χ2v) is 25.4. The first kappa shape index (κ1) is 59.7. The molecule has 0 radical (unpaired) electrons. The fourth-order valence-electron chi connectivity index (χ4n) is 11.3. The van der Waals surface area contributed by atoms with Crippen molar-refractivity contribution < 1.29 is 89.8 Å². The predicted octanol–water partition coefficient (Wildman–Crippen LogP) is 3.04. The lowest BCUT2D eigenvalue weighted by molar-refractivity contribution is -0.745. The highest BCUT2D eigenvalue weighted by Crippen LogP contribution is 2.66. The Morgan fingerprint density at radius 2 is 1.59 bits per heavy atom. The number of amides is 2. The number of aromatic amines is 1. The number of phosphoric acid groups is 3. The number of ether oxygens (including phenoxy) is 3. The van der Waals surface area contributed by atoms with Gasteiger partial charge in [-0.05, 0) is 88.6 Å². The van der Waals surface area contributed by atoms with Crippen LogP contribution in [0.15, 0.2) is 65.7 Å². The lowest BCUT2D eigenvalue weighted by atomic mass is 9.83. The number of aromatic carboxylic acids is 1. The SMILES string of the molecule is CCN1c2cc3c(cc2C(C)=CC1(C)C)C(c1ccc(C(=O)NCCNC(=O)O[C@@H]2[C@H](O)[C@@H](COP(=O)(O)OP(=O)(O)OP(=O)(O)O)O[C@H]2[n+]2cn(C)c4c(=O)[nH]c(N)nc42)cc1C(=O)O)=c1cc2c(cc1O3)=[N+](CC)C(C)(C)C=C2C. The number of nitrogens with zero attached hydrogens (tertiary/aromatic N) is 5. The molecule has 1 fully saturated rings. The number of fused-ring (bicyclic) bond motifs is 5. The molecular weight excluding hydrogens is 1140 g/mol. The topological polar surface area (TPSA) is 390 Å². The van der Waals surface area contributed by atoms with E-state index in [-0.39, 0.29) is 52.4 Å². The van der Waals surface area contributed by atoms with E-state index < -0.39 is 78.1 Å². The van der Waals surface area contributed by atoms with Gasteiger partial charge in [-0.15, -0.1) is 0 Å². The molecule has 438 valence electrons. The third kappa shape index (κ3) is 11.6. The average Bonchev–Trinajstić information content (AvgIpc) is 3.77. The Morgan fingerprint density at radius 1 is 0.890 bits per heavy atom. The number of likely N-dealkylation sites (N-methyl/N-ethyl adjacent to an activating group) is 2. The Kier molecular flexibility index (Phi) is 15.8. The molecule has 2 amide bonds. The zero-order chi connectivity index (χ0) is 59.9. The van der Waals surface area contributed by atoms with Crippen LogP contribution < -0.4 is 51.3 Å². The highest BCUT2D eigenvalue weighted by atomic mass is 31.3. The number of nitrogens with one attached hydrogen (secondary N) is 3. The summed E-state index contributed by atoms with van der Waals surface area (Å²) in [6, 6.07) is 12.5. The Bertz CT molecular complexity index is 3940. The number of benzene rings is 3.